The average Bonchev–Trinajstić information content (AvgIpc) is 3.29. The Morgan fingerprint density at radius 2 is 1.53 bits per heavy atom. The quantitative estimate of drug-likeness (QED) is 0.272. The van der Waals surface area contributed by atoms with Gasteiger partial charge in [0.15, 0.2) is 0 Å². The molecule has 0 bridgehead atoms. The van der Waals surface area contributed by atoms with Crippen molar-refractivity contribution in [2.24, 2.45) is 45.3 Å². The maximum absolute atomic E-state index is 12.9. The maximum Gasteiger partial charge on any atom is 0.407 e. The number of unbranched alkanes of at least 4 members (excludes halogenated alkanes) is 4. The molecule has 5 aliphatic rings. The molecule has 5 nitrogen and oxygen atoms in total. The fourth-order valence-electron chi connectivity index (χ4n) is 12.6. The molecule has 4 aliphatic carbocycles. The number of carbonyl (C=O) groups excluding carboxylic acids is 1. The Labute approximate surface area is 264 Å². The number of amides is 1. The lowest BCUT2D eigenvalue weighted by molar-refractivity contribution is -0.257. The van der Waals surface area contributed by atoms with Gasteiger partial charge in [0, 0.05) is 12.0 Å². The second-order valence-corrected chi connectivity index (χ2v) is 18.1. The summed E-state index contributed by atoms with van der Waals surface area (Å²) in [7, 11) is 0. The molecule has 0 unspecified atom stereocenters. The van der Waals surface area contributed by atoms with Gasteiger partial charge >= 0.3 is 6.09 Å². The van der Waals surface area contributed by atoms with Crippen molar-refractivity contribution in [3.05, 3.63) is 0 Å². The normalized spacial score (nSPS) is 46.7. The lowest BCUT2D eigenvalue weighted by atomic mass is 9.35. The van der Waals surface area contributed by atoms with E-state index in [-0.39, 0.29) is 51.2 Å². The first-order chi connectivity index (χ1) is 20.0. The molecule has 5 heteroatoms. The monoisotopic (exact) mass is 602 g/mol. The molecule has 0 spiro atoms. The third-order valence-electron chi connectivity index (χ3n) is 14.9. The third kappa shape index (κ3) is 5.61. The predicted octanol–water partition coefficient (Wildman–Crippen LogP) is 9.45. The van der Waals surface area contributed by atoms with Gasteiger partial charge in [-0.25, -0.2) is 4.79 Å². The van der Waals surface area contributed by atoms with Gasteiger partial charge in [0.2, 0.25) is 0 Å². The van der Waals surface area contributed by atoms with Crippen LogP contribution in [0.3, 0.4) is 0 Å². The number of fused-ring (bicyclic) bond motifs is 5. The van der Waals surface area contributed by atoms with Crippen LogP contribution in [0, 0.1) is 45.3 Å². The van der Waals surface area contributed by atoms with Gasteiger partial charge in [-0.05, 0) is 131 Å². The summed E-state index contributed by atoms with van der Waals surface area (Å²) in [6.07, 6.45) is 16.4. The van der Waals surface area contributed by atoms with Crippen LogP contribution < -0.4 is 5.32 Å². The summed E-state index contributed by atoms with van der Waals surface area (Å²) in [5.74, 6) is 1.66. The summed E-state index contributed by atoms with van der Waals surface area (Å²) in [6.45, 7) is 22.3. The molecule has 248 valence electrons. The number of hydrogen-bond donors (Lipinski definition) is 2. The van der Waals surface area contributed by atoms with Gasteiger partial charge < -0.3 is 19.9 Å². The Bertz CT molecular complexity index is 1010. The fourth-order valence-corrected chi connectivity index (χ4v) is 12.6. The highest BCUT2D eigenvalue weighted by molar-refractivity contribution is 5.67. The zero-order valence-electron chi connectivity index (χ0n) is 29.4. The zero-order chi connectivity index (χ0) is 31.5. The number of rotatable bonds is 8. The van der Waals surface area contributed by atoms with Crippen molar-refractivity contribution in [3.63, 3.8) is 0 Å². The topological polar surface area (TPSA) is 67.8 Å². The minimum atomic E-state index is -0.281. The van der Waals surface area contributed by atoms with E-state index in [9.17, 15) is 9.90 Å². The number of aliphatic hydroxyl groups is 1. The molecular weight excluding hydrogens is 534 g/mol. The minimum absolute atomic E-state index is 0.0607. The maximum atomic E-state index is 12.9. The molecule has 1 aliphatic heterocycles. The summed E-state index contributed by atoms with van der Waals surface area (Å²) in [6, 6.07) is 0. The smallest absolute Gasteiger partial charge is 0.407 e. The number of hydrogen-bond acceptors (Lipinski definition) is 4. The van der Waals surface area contributed by atoms with Crippen LogP contribution in [-0.2, 0) is 9.47 Å². The molecule has 0 radical (unpaired) electrons. The predicted molar refractivity (Wildman–Crippen MR) is 175 cm³/mol. The number of alkyl carbamates (subject to hydrolysis) is 1. The Balaban J connectivity index is 1.31. The van der Waals surface area contributed by atoms with E-state index in [1.165, 1.54) is 57.8 Å². The Kier molecular flexibility index (Phi) is 9.18. The van der Waals surface area contributed by atoms with Gasteiger partial charge in [-0.3, -0.25) is 0 Å². The van der Waals surface area contributed by atoms with Crippen molar-refractivity contribution >= 4 is 6.09 Å². The van der Waals surface area contributed by atoms with Crippen LogP contribution in [0.1, 0.15) is 159 Å². The summed E-state index contributed by atoms with van der Waals surface area (Å²) in [5, 5.41) is 15.2. The summed E-state index contributed by atoms with van der Waals surface area (Å²) < 4.78 is 13.1. The lowest BCUT2D eigenvalue weighted by Gasteiger charge is -2.70. The Morgan fingerprint density at radius 1 is 0.837 bits per heavy atom. The number of ether oxygens (including phenoxy) is 2. The lowest BCUT2D eigenvalue weighted by Crippen LogP contribution is -2.67. The Hall–Kier alpha value is -0.810. The molecule has 5 fully saturated rings. The highest BCUT2D eigenvalue weighted by Crippen LogP contribution is 2.76. The van der Waals surface area contributed by atoms with Crippen molar-refractivity contribution in [1.82, 2.24) is 5.32 Å². The van der Waals surface area contributed by atoms with Crippen molar-refractivity contribution in [2.45, 2.75) is 182 Å². The highest BCUT2D eigenvalue weighted by atomic mass is 16.6. The molecule has 5 rings (SSSR count). The highest BCUT2D eigenvalue weighted by Gasteiger charge is 2.72. The van der Waals surface area contributed by atoms with E-state index in [1.54, 1.807) is 0 Å². The van der Waals surface area contributed by atoms with E-state index in [0.29, 0.717) is 30.2 Å². The van der Waals surface area contributed by atoms with E-state index in [1.807, 2.05) is 0 Å². The second kappa shape index (κ2) is 11.8. The molecule has 10 atom stereocenters. The number of aliphatic hydroxyl groups excluding tert-OH is 1. The average molecular weight is 602 g/mol. The van der Waals surface area contributed by atoms with Crippen LogP contribution in [-0.4, -0.2) is 41.2 Å². The van der Waals surface area contributed by atoms with Gasteiger partial charge in [0.05, 0.1) is 17.3 Å². The standard InChI is InChI=1S/C38H67NO4/c1-10-11-12-13-14-24-39-32(41)42-30-18-21-35(6)28(34(30,4)5)17-23-36(7)29(35)25-27(40)31-26(16-22-37(31,36)8)38(9)20-15-19-33(2,3)43-38/h26-31,40H,10-25H2,1-9H3,(H,39,41)/t26-,27+,28-,29+,30-,31-,35-,36+,37+,38+/m0/s1. The molecule has 0 aromatic heterocycles. The van der Waals surface area contributed by atoms with Crippen LogP contribution >= 0.6 is 0 Å². The molecule has 0 aromatic carbocycles. The number of nitrogens with one attached hydrogen (secondary N) is 1. The molecular formula is C38H67NO4. The summed E-state index contributed by atoms with van der Waals surface area (Å²) in [4.78, 5) is 12.9. The van der Waals surface area contributed by atoms with E-state index in [0.717, 1.165) is 38.5 Å². The van der Waals surface area contributed by atoms with Gasteiger partial charge in [-0.2, -0.15) is 0 Å². The first-order valence-electron chi connectivity index (χ1n) is 18.4. The molecule has 1 amide bonds. The van der Waals surface area contributed by atoms with Crippen molar-refractivity contribution < 1.29 is 19.4 Å². The number of carbonyl (C=O) groups is 1. The first-order valence-corrected chi connectivity index (χ1v) is 18.4. The summed E-state index contributed by atoms with van der Waals surface area (Å²) >= 11 is 0. The van der Waals surface area contributed by atoms with E-state index < -0.39 is 0 Å². The largest absolute Gasteiger partial charge is 0.446 e. The summed E-state index contributed by atoms with van der Waals surface area (Å²) in [5.41, 5.74) is 0.103. The Morgan fingerprint density at radius 3 is 2.23 bits per heavy atom. The van der Waals surface area contributed by atoms with Gasteiger partial charge in [0.1, 0.15) is 6.10 Å². The van der Waals surface area contributed by atoms with Crippen LogP contribution in [0.5, 0.6) is 0 Å². The van der Waals surface area contributed by atoms with Gasteiger partial charge in [0.25, 0.3) is 0 Å². The molecule has 43 heavy (non-hydrogen) atoms. The van der Waals surface area contributed by atoms with Crippen molar-refractivity contribution in [3.8, 4) is 0 Å². The van der Waals surface area contributed by atoms with Gasteiger partial charge in [-0.15, -0.1) is 0 Å². The minimum Gasteiger partial charge on any atom is -0.446 e. The second-order valence-electron chi connectivity index (χ2n) is 18.1. The van der Waals surface area contributed by atoms with Crippen molar-refractivity contribution in [2.75, 3.05) is 6.54 Å². The van der Waals surface area contributed by atoms with Crippen LogP contribution in [0.25, 0.3) is 0 Å². The first kappa shape index (κ1) is 33.6. The molecule has 2 N–H and O–H groups in total. The molecule has 0 aromatic rings. The van der Waals surface area contributed by atoms with E-state index in [4.69, 9.17) is 9.47 Å². The molecule has 4 saturated carbocycles. The van der Waals surface area contributed by atoms with Crippen LogP contribution in [0.15, 0.2) is 0 Å². The third-order valence-corrected chi connectivity index (χ3v) is 14.9. The molecule has 1 heterocycles. The van der Waals surface area contributed by atoms with E-state index >= 15 is 0 Å². The fraction of sp³-hybridized carbons (Fsp3) is 0.974. The van der Waals surface area contributed by atoms with Crippen LogP contribution in [0.4, 0.5) is 4.79 Å². The zero-order valence-corrected chi connectivity index (χ0v) is 29.4. The molecule has 1 saturated heterocycles. The SMILES string of the molecule is CCCCCCCNC(=O)O[C@H]1CC[C@]2(C)[C@H]3C[C@@H](O)[C@@H]4[C@@H]([C@@]5(C)CCCC(C)(C)O5)CC[C@@]4(C)[C@]3(C)CC[C@H]2C1(C)C. The van der Waals surface area contributed by atoms with E-state index in [2.05, 4.69) is 67.6 Å². The van der Waals surface area contributed by atoms with Crippen LogP contribution in [0.2, 0.25) is 0 Å². The van der Waals surface area contributed by atoms with Gasteiger partial charge in [-0.1, -0.05) is 67.2 Å². The van der Waals surface area contributed by atoms with Crippen molar-refractivity contribution in [1.29, 1.82) is 0 Å².